The molecule has 0 heterocycles. The fraction of sp³-hybridized carbons (Fsp3) is 0.188. The molecule has 0 saturated heterocycles. The number of rotatable bonds is 6. The summed E-state index contributed by atoms with van der Waals surface area (Å²) in [7, 11) is -3.51. The molecule has 0 fully saturated rings. The zero-order chi connectivity index (χ0) is 17.9. The maximum atomic E-state index is 12.3. The van der Waals surface area contributed by atoms with Gasteiger partial charge >= 0.3 is 5.97 Å². The van der Waals surface area contributed by atoms with Crippen LogP contribution in [-0.4, -0.2) is 37.0 Å². The lowest BCUT2D eigenvalue weighted by Gasteiger charge is -2.11. The zero-order valence-corrected chi connectivity index (χ0v) is 15.1. The third kappa shape index (κ3) is 4.07. The van der Waals surface area contributed by atoms with Crippen LogP contribution < -0.4 is 4.74 Å². The molecule has 0 saturated carbocycles. The molecule has 0 bridgehead atoms. The first-order chi connectivity index (χ1) is 11.2. The highest BCUT2D eigenvalue weighted by Crippen LogP contribution is 2.32. The number of hydrogen-bond acceptors (Lipinski definition) is 5. The molecule has 0 atom stereocenters. The van der Waals surface area contributed by atoms with E-state index < -0.39 is 21.6 Å². The summed E-state index contributed by atoms with van der Waals surface area (Å²) in [5.41, 5.74) is 0.325. The highest BCUT2D eigenvalue weighted by molar-refractivity contribution is 9.10. The van der Waals surface area contributed by atoms with Gasteiger partial charge in [0.2, 0.25) is 0 Å². The highest BCUT2D eigenvalue weighted by Gasteiger charge is 2.18. The minimum Gasteiger partial charge on any atom is -0.507 e. The quantitative estimate of drug-likeness (QED) is 0.753. The van der Waals surface area contributed by atoms with Gasteiger partial charge in [-0.15, -0.1) is 0 Å². The van der Waals surface area contributed by atoms with Crippen LogP contribution in [0.2, 0.25) is 0 Å². The van der Waals surface area contributed by atoms with Crippen molar-refractivity contribution in [3.63, 3.8) is 0 Å². The van der Waals surface area contributed by atoms with E-state index in [0.29, 0.717) is 10.0 Å². The number of carboxylic acids is 1. The number of ether oxygens (including phenoxy) is 1. The van der Waals surface area contributed by atoms with Crippen LogP contribution in [0.5, 0.6) is 11.5 Å². The number of aromatic carboxylic acids is 1. The normalized spacial score (nSPS) is 11.2. The van der Waals surface area contributed by atoms with Gasteiger partial charge in [0.25, 0.3) is 0 Å². The van der Waals surface area contributed by atoms with Gasteiger partial charge in [-0.3, -0.25) is 0 Å². The predicted molar refractivity (Wildman–Crippen MR) is 91.5 cm³/mol. The monoisotopic (exact) mass is 414 g/mol. The summed E-state index contributed by atoms with van der Waals surface area (Å²) >= 11 is 3.14. The second kappa shape index (κ2) is 7.23. The van der Waals surface area contributed by atoms with Crippen molar-refractivity contribution in [2.24, 2.45) is 0 Å². The summed E-state index contributed by atoms with van der Waals surface area (Å²) in [5.74, 6) is -1.83. The Kier molecular flexibility index (Phi) is 5.51. The van der Waals surface area contributed by atoms with Gasteiger partial charge in [-0.1, -0.05) is 18.2 Å². The number of hydrogen-bond donors (Lipinski definition) is 2. The highest BCUT2D eigenvalue weighted by atomic mass is 79.9. The number of carbonyl (C=O) groups is 1. The van der Waals surface area contributed by atoms with Gasteiger partial charge in [-0.2, -0.15) is 0 Å². The molecule has 0 radical (unpaired) electrons. The molecule has 6 nitrogen and oxygen atoms in total. The molecule has 0 aliphatic rings. The molecule has 8 heteroatoms. The molecule has 2 rings (SSSR count). The Morgan fingerprint density at radius 1 is 1.25 bits per heavy atom. The second-order valence-electron chi connectivity index (χ2n) is 5.04. The van der Waals surface area contributed by atoms with E-state index in [9.17, 15) is 18.3 Å². The van der Waals surface area contributed by atoms with Crippen molar-refractivity contribution in [3.05, 3.63) is 52.0 Å². The molecular formula is C16H15BrO6S. The van der Waals surface area contributed by atoms with E-state index in [4.69, 9.17) is 9.84 Å². The third-order valence-corrected chi connectivity index (χ3v) is 5.77. The Morgan fingerprint density at radius 2 is 1.92 bits per heavy atom. The van der Waals surface area contributed by atoms with Crippen LogP contribution in [0.15, 0.2) is 45.8 Å². The third-order valence-electron chi connectivity index (χ3n) is 3.32. The van der Waals surface area contributed by atoms with Crippen LogP contribution in [0, 0.1) is 6.92 Å². The summed E-state index contributed by atoms with van der Waals surface area (Å²) < 4.78 is 30.4. The Balaban J connectivity index is 2.14. The van der Waals surface area contributed by atoms with Crippen LogP contribution in [-0.2, 0) is 9.84 Å². The van der Waals surface area contributed by atoms with Gasteiger partial charge in [0, 0.05) is 0 Å². The van der Waals surface area contributed by atoms with E-state index in [1.54, 1.807) is 25.1 Å². The van der Waals surface area contributed by atoms with E-state index in [0.717, 1.165) is 6.07 Å². The van der Waals surface area contributed by atoms with E-state index >= 15 is 0 Å². The van der Waals surface area contributed by atoms with Crippen LogP contribution in [0.3, 0.4) is 0 Å². The first-order valence-electron chi connectivity index (χ1n) is 6.89. The molecule has 0 aromatic heterocycles. The van der Waals surface area contributed by atoms with Crippen molar-refractivity contribution in [2.75, 3.05) is 12.4 Å². The van der Waals surface area contributed by atoms with Gasteiger partial charge in [-0.25, -0.2) is 13.2 Å². The molecule has 0 unspecified atom stereocenters. The molecule has 0 aliphatic heterocycles. The number of sulfone groups is 1. The van der Waals surface area contributed by atoms with E-state index in [1.165, 1.54) is 12.1 Å². The molecule has 128 valence electrons. The molecule has 0 amide bonds. The van der Waals surface area contributed by atoms with Crippen molar-refractivity contribution in [1.29, 1.82) is 0 Å². The van der Waals surface area contributed by atoms with E-state index in [1.807, 2.05) is 0 Å². The Morgan fingerprint density at radius 3 is 2.54 bits per heavy atom. The van der Waals surface area contributed by atoms with Crippen molar-refractivity contribution in [2.45, 2.75) is 11.8 Å². The van der Waals surface area contributed by atoms with Crippen LogP contribution in [0.25, 0.3) is 0 Å². The minimum absolute atomic E-state index is 0.144. The predicted octanol–water partition coefficient (Wildman–Crippen LogP) is 3.01. The van der Waals surface area contributed by atoms with Crippen LogP contribution >= 0.6 is 15.9 Å². The smallest absolute Gasteiger partial charge is 0.339 e. The lowest BCUT2D eigenvalue weighted by Crippen LogP contribution is -2.15. The average Bonchev–Trinajstić information content (AvgIpc) is 2.49. The first-order valence-corrected chi connectivity index (χ1v) is 9.34. The van der Waals surface area contributed by atoms with Gasteiger partial charge in [0.15, 0.2) is 9.84 Å². The summed E-state index contributed by atoms with van der Waals surface area (Å²) in [5, 5.41) is 18.5. The summed E-state index contributed by atoms with van der Waals surface area (Å²) in [6.07, 6.45) is 0. The standard InChI is InChI=1S/C16H15BrO6S/c1-10-4-2-3-5-15(10)24(21,22)7-6-23-14-8-11(16(19)20)13(18)9-12(14)17/h2-5,8-9,18H,6-7H2,1H3,(H,19,20). The topological polar surface area (TPSA) is 101 Å². The molecule has 0 aliphatic carbocycles. The Hall–Kier alpha value is -2.06. The molecule has 2 aromatic rings. The number of phenols is 1. The maximum Gasteiger partial charge on any atom is 0.339 e. The van der Waals surface area contributed by atoms with E-state index in [-0.39, 0.29) is 28.6 Å². The van der Waals surface area contributed by atoms with Gasteiger partial charge < -0.3 is 14.9 Å². The SMILES string of the molecule is Cc1ccccc1S(=O)(=O)CCOc1cc(C(=O)O)c(O)cc1Br. The number of halogens is 1. The van der Waals surface area contributed by atoms with Gasteiger partial charge in [0.1, 0.15) is 23.7 Å². The summed E-state index contributed by atoms with van der Waals surface area (Å²) in [6, 6.07) is 8.98. The van der Waals surface area contributed by atoms with E-state index in [2.05, 4.69) is 15.9 Å². The first kappa shape index (κ1) is 18.3. The number of benzene rings is 2. The minimum atomic E-state index is -3.51. The molecule has 2 aromatic carbocycles. The van der Waals surface area contributed by atoms with Gasteiger partial charge in [-0.05, 0) is 46.6 Å². The summed E-state index contributed by atoms with van der Waals surface area (Å²) in [6.45, 7) is 1.56. The number of aromatic hydroxyl groups is 1. The fourth-order valence-corrected chi connectivity index (χ4v) is 3.91. The van der Waals surface area contributed by atoms with Crippen LogP contribution in [0.1, 0.15) is 15.9 Å². The van der Waals surface area contributed by atoms with Gasteiger partial charge in [0.05, 0.1) is 15.1 Å². The lowest BCUT2D eigenvalue weighted by molar-refractivity contribution is 0.0693. The largest absolute Gasteiger partial charge is 0.507 e. The molecule has 24 heavy (non-hydrogen) atoms. The second-order valence-corrected chi connectivity index (χ2v) is 7.97. The molecule has 0 spiro atoms. The number of carboxylic acid groups (broad SMARTS) is 1. The Bertz CT molecular complexity index is 876. The fourth-order valence-electron chi connectivity index (χ4n) is 2.10. The Labute approximate surface area is 147 Å². The van der Waals surface area contributed by atoms with Crippen LogP contribution in [0.4, 0.5) is 0 Å². The lowest BCUT2D eigenvalue weighted by atomic mass is 10.2. The van der Waals surface area contributed by atoms with Crippen molar-refractivity contribution < 1.29 is 28.2 Å². The number of aryl methyl sites for hydroxylation is 1. The average molecular weight is 415 g/mol. The maximum absolute atomic E-state index is 12.3. The van der Waals surface area contributed by atoms with Crippen molar-refractivity contribution >= 4 is 31.7 Å². The molecule has 2 N–H and O–H groups in total. The van der Waals surface area contributed by atoms with Crippen molar-refractivity contribution in [3.8, 4) is 11.5 Å². The zero-order valence-electron chi connectivity index (χ0n) is 12.7. The summed E-state index contributed by atoms with van der Waals surface area (Å²) in [4.78, 5) is 11.3. The molecular weight excluding hydrogens is 400 g/mol. The van der Waals surface area contributed by atoms with Crippen molar-refractivity contribution in [1.82, 2.24) is 0 Å².